The first kappa shape index (κ1) is 21.9. The van der Waals surface area contributed by atoms with Crippen molar-refractivity contribution in [1.82, 2.24) is 9.62 Å². The molecule has 1 aromatic rings. The molecule has 2 rings (SSSR count). The molecule has 1 aromatic carbocycles. The van der Waals surface area contributed by atoms with Gasteiger partial charge < -0.3 is 15.4 Å². The van der Waals surface area contributed by atoms with Crippen LogP contribution in [0.25, 0.3) is 0 Å². The number of piperidine rings is 1. The highest BCUT2D eigenvalue weighted by Crippen LogP contribution is 2.30. The summed E-state index contributed by atoms with van der Waals surface area (Å²) in [5, 5.41) is 0.426. The van der Waals surface area contributed by atoms with Crippen LogP contribution in [0.15, 0.2) is 12.1 Å². The number of nitrogens with one attached hydrogen (secondary N) is 1. The predicted octanol–water partition coefficient (Wildman–Crippen LogP) is 1.69. The van der Waals surface area contributed by atoms with Gasteiger partial charge in [0.15, 0.2) is 0 Å². The summed E-state index contributed by atoms with van der Waals surface area (Å²) >= 11 is 6.06. The van der Waals surface area contributed by atoms with Gasteiger partial charge in [-0.05, 0) is 37.9 Å². The molecule has 152 valence electrons. The molecule has 27 heavy (non-hydrogen) atoms. The second-order valence-corrected chi connectivity index (χ2v) is 9.30. The molecule has 0 spiro atoms. The van der Waals surface area contributed by atoms with E-state index in [1.54, 1.807) is 19.2 Å². The quantitative estimate of drug-likeness (QED) is 0.593. The highest BCUT2D eigenvalue weighted by atomic mass is 35.5. The third kappa shape index (κ3) is 7.29. The average molecular weight is 418 g/mol. The van der Waals surface area contributed by atoms with E-state index >= 15 is 0 Å². The number of nitrogens with zero attached hydrogens (tertiary/aromatic N) is 1. The summed E-state index contributed by atoms with van der Waals surface area (Å²) in [6.07, 6.45) is 3.84. The molecule has 1 aliphatic rings. The smallest absolute Gasteiger partial charge is 0.208 e. The molecule has 0 bridgehead atoms. The maximum atomic E-state index is 12.5. The number of carbonyl (C=O) groups is 1. The fraction of sp³-hybridized carbons (Fsp3) is 0.611. The van der Waals surface area contributed by atoms with Crippen LogP contribution in [-0.4, -0.2) is 58.6 Å². The Hall–Kier alpha value is -1.35. The van der Waals surface area contributed by atoms with Crippen molar-refractivity contribution in [2.45, 2.75) is 25.7 Å². The number of nitrogen functional groups attached to an aromatic ring is 1. The lowest BCUT2D eigenvalue weighted by Crippen LogP contribution is -2.39. The molecule has 1 heterocycles. The van der Waals surface area contributed by atoms with Crippen LogP contribution in [0.2, 0.25) is 5.02 Å². The Labute approximate surface area is 166 Å². The zero-order chi connectivity index (χ0) is 20.0. The molecular formula is C18H28ClN3O4S. The van der Waals surface area contributed by atoms with E-state index < -0.39 is 10.0 Å². The lowest BCUT2D eigenvalue weighted by atomic mass is 9.90. The zero-order valence-corrected chi connectivity index (χ0v) is 17.4. The maximum absolute atomic E-state index is 12.5. The van der Waals surface area contributed by atoms with Gasteiger partial charge in [-0.2, -0.15) is 0 Å². The molecule has 0 amide bonds. The van der Waals surface area contributed by atoms with Gasteiger partial charge in [0, 0.05) is 37.6 Å². The van der Waals surface area contributed by atoms with Crippen molar-refractivity contribution in [3.63, 3.8) is 0 Å². The van der Waals surface area contributed by atoms with Crippen LogP contribution < -0.4 is 15.2 Å². The van der Waals surface area contributed by atoms with E-state index in [1.165, 1.54) is 0 Å². The van der Waals surface area contributed by atoms with Crippen molar-refractivity contribution in [2.24, 2.45) is 5.92 Å². The van der Waals surface area contributed by atoms with Gasteiger partial charge in [-0.15, -0.1) is 0 Å². The molecule has 0 aromatic heterocycles. The Morgan fingerprint density at radius 2 is 2.04 bits per heavy atom. The van der Waals surface area contributed by atoms with Crippen molar-refractivity contribution < 1.29 is 17.9 Å². The van der Waals surface area contributed by atoms with Gasteiger partial charge in [0.05, 0.1) is 24.1 Å². The number of nitrogens with two attached hydrogens (primary N) is 1. The van der Waals surface area contributed by atoms with Crippen LogP contribution >= 0.6 is 11.6 Å². The van der Waals surface area contributed by atoms with E-state index in [0.29, 0.717) is 41.9 Å². The third-order valence-electron chi connectivity index (χ3n) is 4.80. The van der Waals surface area contributed by atoms with Crippen LogP contribution in [0.1, 0.15) is 24.8 Å². The number of carbonyl (C=O) groups excluding carboxylic acids is 1. The van der Waals surface area contributed by atoms with Crippen LogP contribution in [0.4, 0.5) is 5.69 Å². The predicted molar refractivity (Wildman–Crippen MR) is 108 cm³/mol. The maximum Gasteiger partial charge on any atom is 0.208 e. The largest absolute Gasteiger partial charge is 0.496 e. The SMILES string of the molecule is COc1cc(N)c(Cl)cc1CC(=O)CC1CCN(CCNS(C)(=O)=O)CC1. The summed E-state index contributed by atoms with van der Waals surface area (Å²) in [5.41, 5.74) is 6.97. The molecule has 9 heteroatoms. The molecule has 0 atom stereocenters. The summed E-state index contributed by atoms with van der Waals surface area (Å²) in [4.78, 5) is 14.7. The summed E-state index contributed by atoms with van der Waals surface area (Å²) in [5.74, 6) is 1.09. The van der Waals surface area contributed by atoms with E-state index in [4.69, 9.17) is 22.1 Å². The van der Waals surface area contributed by atoms with Crippen LogP contribution in [0, 0.1) is 5.92 Å². The number of hydrogen-bond donors (Lipinski definition) is 2. The van der Waals surface area contributed by atoms with E-state index in [0.717, 1.165) is 37.8 Å². The van der Waals surface area contributed by atoms with Crippen molar-refractivity contribution in [3.8, 4) is 5.75 Å². The zero-order valence-electron chi connectivity index (χ0n) is 15.8. The summed E-state index contributed by atoms with van der Waals surface area (Å²) in [6.45, 7) is 2.86. The number of Topliss-reactive ketones (excluding diaryl/α,β-unsaturated/α-hetero) is 1. The number of methoxy groups -OCH3 is 1. The lowest BCUT2D eigenvalue weighted by molar-refractivity contribution is -0.119. The average Bonchev–Trinajstić information content (AvgIpc) is 2.58. The fourth-order valence-corrected chi connectivity index (χ4v) is 4.00. The Bertz CT molecular complexity index is 762. The van der Waals surface area contributed by atoms with E-state index in [-0.39, 0.29) is 12.2 Å². The normalized spacial score (nSPS) is 16.4. The second-order valence-electron chi connectivity index (χ2n) is 7.06. The van der Waals surface area contributed by atoms with Gasteiger partial charge in [0.2, 0.25) is 10.0 Å². The third-order valence-corrected chi connectivity index (χ3v) is 5.86. The number of rotatable bonds is 9. The fourth-order valence-electron chi connectivity index (χ4n) is 3.35. The Morgan fingerprint density at radius 1 is 1.37 bits per heavy atom. The van der Waals surface area contributed by atoms with Gasteiger partial charge in [-0.1, -0.05) is 11.6 Å². The number of sulfonamides is 1. The number of likely N-dealkylation sites (tertiary alicyclic amines) is 1. The number of halogens is 1. The van der Waals surface area contributed by atoms with Crippen LogP contribution in [-0.2, 0) is 21.2 Å². The molecule has 0 unspecified atom stereocenters. The number of ketones is 1. The minimum Gasteiger partial charge on any atom is -0.496 e. The van der Waals surface area contributed by atoms with Gasteiger partial charge in [-0.25, -0.2) is 13.1 Å². The Kier molecular flexibility index (Phi) is 7.91. The molecule has 0 radical (unpaired) electrons. The second kappa shape index (κ2) is 9.73. The minimum atomic E-state index is -3.14. The number of anilines is 1. The molecular weight excluding hydrogens is 390 g/mol. The number of hydrogen-bond acceptors (Lipinski definition) is 6. The molecule has 7 nitrogen and oxygen atoms in total. The minimum absolute atomic E-state index is 0.159. The first-order valence-electron chi connectivity index (χ1n) is 8.98. The first-order chi connectivity index (χ1) is 12.7. The van der Waals surface area contributed by atoms with Crippen molar-refractivity contribution in [1.29, 1.82) is 0 Å². The van der Waals surface area contributed by atoms with Crippen LogP contribution in [0.5, 0.6) is 5.75 Å². The monoisotopic (exact) mass is 417 g/mol. The van der Waals surface area contributed by atoms with Crippen molar-refractivity contribution in [2.75, 3.05) is 45.3 Å². The first-order valence-corrected chi connectivity index (χ1v) is 11.3. The standard InChI is InChI=1S/C18H28ClN3O4S/c1-26-18-12-17(20)16(19)11-14(18)10-15(23)9-13-3-6-22(7-4-13)8-5-21-27(2,24)25/h11-13,21H,3-10,20H2,1-2H3. The van der Waals surface area contributed by atoms with Gasteiger partial charge in [0.25, 0.3) is 0 Å². The van der Waals surface area contributed by atoms with Crippen LogP contribution in [0.3, 0.4) is 0 Å². The molecule has 1 fully saturated rings. The lowest BCUT2D eigenvalue weighted by Gasteiger charge is -2.31. The summed E-state index contributed by atoms with van der Waals surface area (Å²) < 4.78 is 30.0. The molecule has 0 saturated carbocycles. The van der Waals surface area contributed by atoms with Crippen molar-refractivity contribution >= 4 is 33.1 Å². The van der Waals surface area contributed by atoms with Gasteiger partial charge in [-0.3, -0.25) is 4.79 Å². The topological polar surface area (TPSA) is 102 Å². The van der Waals surface area contributed by atoms with E-state index in [2.05, 4.69) is 9.62 Å². The highest BCUT2D eigenvalue weighted by Gasteiger charge is 2.22. The number of ether oxygens (including phenoxy) is 1. The van der Waals surface area contributed by atoms with E-state index in [9.17, 15) is 13.2 Å². The Morgan fingerprint density at radius 3 is 2.63 bits per heavy atom. The highest BCUT2D eigenvalue weighted by molar-refractivity contribution is 7.88. The molecule has 1 saturated heterocycles. The van der Waals surface area contributed by atoms with Gasteiger partial charge in [0.1, 0.15) is 11.5 Å². The van der Waals surface area contributed by atoms with Crippen molar-refractivity contribution in [3.05, 3.63) is 22.7 Å². The Balaban J connectivity index is 1.79. The molecule has 1 aliphatic heterocycles. The summed E-state index contributed by atoms with van der Waals surface area (Å²) in [6, 6.07) is 3.35. The molecule has 3 N–H and O–H groups in total. The van der Waals surface area contributed by atoms with E-state index in [1.807, 2.05) is 0 Å². The van der Waals surface area contributed by atoms with Gasteiger partial charge >= 0.3 is 0 Å². The number of benzene rings is 1. The molecule has 0 aliphatic carbocycles. The summed E-state index contributed by atoms with van der Waals surface area (Å²) in [7, 11) is -1.60.